The van der Waals surface area contributed by atoms with Gasteiger partial charge in [-0.3, -0.25) is 4.99 Å². The lowest BCUT2D eigenvalue weighted by Crippen LogP contribution is -2.48. The van der Waals surface area contributed by atoms with Crippen LogP contribution in [0.15, 0.2) is 29.3 Å². The molecule has 0 amide bonds. The summed E-state index contributed by atoms with van der Waals surface area (Å²) in [6.07, 6.45) is 6.09. The van der Waals surface area contributed by atoms with Gasteiger partial charge in [-0.05, 0) is 56.3 Å². The van der Waals surface area contributed by atoms with Crippen LogP contribution < -0.4 is 10.6 Å². The van der Waals surface area contributed by atoms with Gasteiger partial charge in [-0.15, -0.1) is 24.0 Å². The van der Waals surface area contributed by atoms with E-state index in [4.69, 9.17) is 4.74 Å². The number of nitrogens with zero attached hydrogens (tertiary/aromatic N) is 2. The molecule has 1 aromatic carbocycles. The standard InChI is InChI=1S/C22H38N4O.HI/c1-6-18-8-10-19(11-9-18)20(26(3)4)16-24-21(23-2)25-17-22(12-7-13-22)14-15-27-5;/h8-11,20H,6-7,12-17H2,1-5H3,(H2,23,24,25);1H. The van der Waals surface area contributed by atoms with Crippen molar-refractivity contribution in [3.63, 3.8) is 0 Å². The first-order valence-corrected chi connectivity index (χ1v) is 10.2. The van der Waals surface area contributed by atoms with Gasteiger partial charge >= 0.3 is 0 Å². The number of rotatable bonds is 10. The molecule has 0 aliphatic heterocycles. The first-order chi connectivity index (χ1) is 13.0. The van der Waals surface area contributed by atoms with Crippen LogP contribution in [-0.4, -0.2) is 58.8 Å². The van der Waals surface area contributed by atoms with Gasteiger partial charge in [-0.1, -0.05) is 37.6 Å². The third-order valence-electron chi connectivity index (χ3n) is 5.96. The lowest BCUT2D eigenvalue weighted by Gasteiger charge is -2.42. The van der Waals surface area contributed by atoms with Crippen LogP contribution >= 0.6 is 24.0 Å². The second-order valence-electron chi connectivity index (χ2n) is 7.98. The Bertz CT molecular complexity index is 585. The molecule has 1 atom stereocenters. The largest absolute Gasteiger partial charge is 0.385 e. The number of aryl methyl sites for hydroxylation is 1. The highest BCUT2D eigenvalue weighted by Gasteiger charge is 2.36. The third-order valence-corrected chi connectivity index (χ3v) is 5.96. The maximum Gasteiger partial charge on any atom is 0.191 e. The van der Waals surface area contributed by atoms with Crippen molar-refractivity contribution < 1.29 is 4.74 Å². The molecule has 5 nitrogen and oxygen atoms in total. The van der Waals surface area contributed by atoms with Crippen LogP contribution in [-0.2, 0) is 11.2 Å². The zero-order valence-corrected chi connectivity index (χ0v) is 20.6. The van der Waals surface area contributed by atoms with Crippen molar-refractivity contribution in [2.45, 2.75) is 45.1 Å². The molecule has 160 valence electrons. The van der Waals surface area contributed by atoms with Gasteiger partial charge in [0.25, 0.3) is 0 Å². The van der Waals surface area contributed by atoms with Crippen molar-refractivity contribution in [1.82, 2.24) is 15.5 Å². The monoisotopic (exact) mass is 502 g/mol. The molecule has 2 rings (SSSR count). The maximum atomic E-state index is 5.30. The molecule has 1 unspecified atom stereocenters. The quantitative estimate of drug-likeness (QED) is 0.290. The Kier molecular flexibility index (Phi) is 11.4. The smallest absolute Gasteiger partial charge is 0.191 e. The van der Waals surface area contributed by atoms with Gasteiger partial charge in [-0.25, -0.2) is 0 Å². The number of hydrogen-bond donors (Lipinski definition) is 2. The predicted octanol–water partition coefficient (Wildman–Crippen LogP) is 3.84. The van der Waals surface area contributed by atoms with Crippen LogP contribution in [0, 0.1) is 5.41 Å². The fraction of sp³-hybridized carbons (Fsp3) is 0.682. The molecule has 1 aliphatic carbocycles. The van der Waals surface area contributed by atoms with E-state index in [-0.39, 0.29) is 24.0 Å². The zero-order chi connectivity index (χ0) is 19.7. The molecule has 0 bridgehead atoms. The lowest BCUT2D eigenvalue weighted by atomic mass is 9.67. The average molecular weight is 502 g/mol. The average Bonchev–Trinajstić information content (AvgIpc) is 2.65. The fourth-order valence-electron chi connectivity index (χ4n) is 3.77. The first-order valence-electron chi connectivity index (χ1n) is 10.2. The predicted molar refractivity (Wildman–Crippen MR) is 130 cm³/mol. The van der Waals surface area contributed by atoms with Gasteiger partial charge in [-0.2, -0.15) is 0 Å². The van der Waals surface area contributed by atoms with Gasteiger partial charge in [0, 0.05) is 33.9 Å². The molecule has 0 aromatic heterocycles. The second-order valence-corrected chi connectivity index (χ2v) is 7.98. The van der Waals surface area contributed by atoms with Crippen LogP contribution in [0.1, 0.15) is 49.8 Å². The van der Waals surface area contributed by atoms with Gasteiger partial charge in [0.05, 0.1) is 6.04 Å². The Morgan fingerprint density at radius 2 is 1.89 bits per heavy atom. The van der Waals surface area contributed by atoms with E-state index in [1.165, 1.54) is 30.4 Å². The van der Waals surface area contributed by atoms with Crippen LogP contribution in [0.3, 0.4) is 0 Å². The Hall–Kier alpha value is -0.860. The van der Waals surface area contributed by atoms with Crippen molar-refractivity contribution in [1.29, 1.82) is 0 Å². The summed E-state index contributed by atoms with van der Waals surface area (Å²) in [6.45, 7) is 4.82. The molecule has 2 N–H and O–H groups in total. The molecule has 0 saturated heterocycles. The number of ether oxygens (including phenoxy) is 1. The Morgan fingerprint density at radius 1 is 1.21 bits per heavy atom. The Balaban J connectivity index is 0.00000392. The van der Waals surface area contributed by atoms with E-state index < -0.39 is 0 Å². The summed E-state index contributed by atoms with van der Waals surface area (Å²) in [5, 5.41) is 7.07. The molecule has 0 heterocycles. The molecule has 1 aromatic rings. The van der Waals surface area contributed by atoms with Gasteiger partial charge in [0.2, 0.25) is 0 Å². The van der Waals surface area contributed by atoms with Crippen molar-refractivity contribution in [3.8, 4) is 0 Å². The number of benzene rings is 1. The van der Waals surface area contributed by atoms with Crippen molar-refractivity contribution >= 4 is 29.9 Å². The minimum atomic E-state index is 0. The van der Waals surface area contributed by atoms with Crippen LogP contribution in [0.2, 0.25) is 0 Å². The molecule has 1 fully saturated rings. The molecular formula is C22H39IN4O. The summed E-state index contributed by atoms with van der Waals surface area (Å²) in [7, 11) is 7.89. The molecule has 1 saturated carbocycles. The number of methoxy groups -OCH3 is 1. The maximum absolute atomic E-state index is 5.30. The number of nitrogens with one attached hydrogen (secondary N) is 2. The minimum absolute atomic E-state index is 0. The van der Waals surface area contributed by atoms with Crippen molar-refractivity contribution in [2.24, 2.45) is 10.4 Å². The molecule has 1 aliphatic rings. The van der Waals surface area contributed by atoms with Crippen LogP contribution in [0.5, 0.6) is 0 Å². The highest BCUT2D eigenvalue weighted by Crippen LogP contribution is 2.43. The zero-order valence-electron chi connectivity index (χ0n) is 18.3. The number of guanidine groups is 1. The molecule has 0 radical (unpaired) electrons. The molecule has 0 spiro atoms. The van der Waals surface area contributed by atoms with Gasteiger partial charge < -0.3 is 20.3 Å². The summed E-state index contributed by atoms with van der Waals surface area (Å²) in [5.41, 5.74) is 3.09. The number of halogens is 1. The summed E-state index contributed by atoms with van der Waals surface area (Å²) < 4.78 is 5.30. The normalized spacial score (nSPS) is 16.9. The fourth-order valence-corrected chi connectivity index (χ4v) is 3.77. The van der Waals surface area contributed by atoms with E-state index in [0.29, 0.717) is 11.5 Å². The summed E-state index contributed by atoms with van der Waals surface area (Å²) >= 11 is 0. The third kappa shape index (κ3) is 7.19. The number of hydrogen-bond acceptors (Lipinski definition) is 3. The first kappa shape index (κ1) is 25.2. The van der Waals surface area contributed by atoms with Crippen LogP contribution in [0.4, 0.5) is 0 Å². The van der Waals surface area contributed by atoms with E-state index in [1.54, 1.807) is 7.11 Å². The van der Waals surface area contributed by atoms with Crippen molar-refractivity contribution in [3.05, 3.63) is 35.4 Å². The summed E-state index contributed by atoms with van der Waals surface area (Å²) in [6, 6.07) is 9.26. The lowest BCUT2D eigenvalue weighted by molar-refractivity contribution is 0.0732. The topological polar surface area (TPSA) is 48.9 Å². The highest BCUT2D eigenvalue weighted by atomic mass is 127. The number of aliphatic imine (C=N–C) groups is 1. The second kappa shape index (κ2) is 12.6. The molecule has 28 heavy (non-hydrogen) atoms. The van der Waals surface area contributed by atoms with E-state index in [0.717, 1.165) is 38.5 Å². The van der Waals surface area contributed by atoms with E-state index in [2.05, 4.69) is 65.8 Å². The van der Waals surface area contributed by atoms with Gasteiger partial charge in [0.15, 0.2) is 5.96 Å². The van der Waals surface area contributed by atoms with E-state index >= 15 is 0 Å². The Labute approximate surface area is 188 Å². The summed E-state index contributed by atoms with van der Waals surface area (Å²) in [4.78, 5) is 6.68. The van der Waals surface area contributed by atoms with Gasteiger partial charge in [0.1, 0.15) is 0 Å². The van der Waals surface area contributed by atoms with E-state index in [1.807, 2.05) is 7.05 Å². The summed E-state index contributed by atoms with van der Waals surface area (Å²) in [5.74, 6) is 0.885. The SMILES string of the molecule is CCc1ccc(C(CNC(=NC)NCC2(CCOC)CCC2)N(C)C)cc1.I. The highest BCUT2D eigenvalue weighted by molar-refractivity contribution is 14.0. The molecular weight excluding hydrogens is 463 g/mol. The van der Waals surface area contributed by atoms with Crippen molar-refractivity contribution in [2.75, 3.05) is 47.9 Å². The van der Waals surface area contributed by atoms with Crippen LogP contribution in [0.25, 0.3) is 0 Å². The molecule has 6 heteroatoms. The Morgan fingerprint density at radius 3 is 2.36 bits per heavy atom. The number of likely N-dealkylation sites (N-methyl/N-ethyl adjacent to an activating group) is 1. The van der Waals surface area contributed by atoms with E-state index in [9.17, 15) is 0 Å². The minimum Gasteiger partial charge on any atom is -0.385 e.